The van der Waals surface area contributed by atoms with Crippen molar-refractivity contribution < 1.29 is 44.6 Å². The fraction of sp³-hybridized carbons (Fsp3) is 0.854. The number of allylic oxidation sites excluding steroid dienone is 3. The van der Waals surface area contributed by atoms with E-state index in [2.05, 4.69) is 33.8 Å². The average Bonchev–Trinajstić information content (AvgIpc) is 3.63. The normalized spacial score (nSPS) is 30.7. The number of aliphatic hydroxyl groups excluding tert-OH is 4. The number of carbonyl (C=O) groups excluding carboxylic acids is 1. The van der Waals surface area contributed by atoms with Gasteiger partial charge in [-0.15, -0.1) is 0 Å². The van der Waals surface area contributed by atoms with Crippen LogP contribution in [0.2, 0.25) is 0 Å². The largest absolute Gasteiger partial charge is 0.512 e. The van der Waals surface area contributed by atoms with Gasteiger partial charge >= 0.3 is 5.97 Å². The second kappa shape index (κ2) is 19.9. The van der Waals surface area contributed by atoms with Crippen molar-refractivity contribution in [2.75, 3.05) is 0 Å². The Morgan fingerprint density at radius 1 is 0.820 bits per heavy atom. The van der Waals surface area contributed by atoms with Crippen LogP contribution in [0.5, 0.6) is 0 Å². The van der Waals surface area contributed by atoms with Gasteiger partial charge in [0.2, 0.25) is 0 Å². The summed E-state index contributed by atoms with van der Waals surface area (Å²) in [5, 5.41) is 51.9. The highest BCUT2D eigenvalue weighted by atomic mass is 16.6. The Morgan fingerprint density at radius 2 is 1.46 bits per heavy atom. The van der Waals surface area contributed by atoms with Gasteiger partial charge in [0.15, 0.2) is 5.78 Å². The number of ketones is 1. The third-order valence-electron chi connectivity index (χ3n) is 11.9. The molecular formula is C41H72O9. The quantitative estimate of drug-likeness (QED) is 0.0431. The Bertz CT molecular complexity index is 1120. The van der Waals surface area contributed by atoms with E-state index in [1.807, 2.05) is 40.7 Å². The number of hydrogen-bond acceptors (Lipinski definition) is 8. The molecule has 2 saturated heterocycles. The molecule has 0 bridgehead atoms. The van der Waals surface area contributed by atoms with Gasteiger partial charge in [-0.3, -0.25) is 9.59 Å². The van der Waals surface area contributed by atoms with E-state index in [9.17, 15) is 30.0 Å². The van der Waals surface area contributed by atoms with Gasteiger partial charge in [0.1, 0.15) is 0 Å². The monoisotopic (exact) mass is 709 g/mol. The first-order valence-electron chi connectivity index (χ1n) is 19.4. The van der Waals surface area contributed by atoms with Gasteiger partial charge in [-0.05, 0) is 103 Å². The minimum Gasteiger partial charge on any atom is -0.512 e. The molecule has 0 aromatic heterocycles. The van der Waals surface area contributed by atoms with Crippen LogP contribution in [0, 0.1) is 41.4 Å². The van der Waals surface area contributed by atoms with Crippen molar-refractivity contribution in [2.45, 2.75) is 182 Å². The molecule has 0 aromatic rings. The third-order valence-corrected chi connectivity index (χ3v) is 11.9. The number of carboxylic acid groups (broad SMARTS) is 1. The van der Waals surface area contributed by atoms with Crippen molar-refractivity contribution in [3.63, 3.8) is 0 Å². The van der Waals surface area contributed by atoms with Crippen molar-refractivity contribution in [2.24, 2.45) is 41.4 Å². The highest BCUT2D eigenvalue weighted by molar-refractivity contribution is 5.91. The maximum atomic E-state index is 12.8. The van der Waals surface area contributed by atoms with Crippen LogP contribution in [0.4, 0.5) is 0 Å². The van der Waals surface area contributed by atoms with Crippen LogP contribution in [-0.2, 0) is 19.1 Å². The molecule has 1 unspecified atom stereocenters. The summed E-state index contributed by atoms with van der Waals surface area (Å²) in [7, 11) is 0. The minimum atomic E-state index is -0.781. The summed E-state index contributed by atoms with van der Waals surface area (Å²) in [5.41, 5.74) is -1.01. The summed E-state index contributed by atoms with van der Waals surface area (Å²) in [4.78, 5) is 23.7. The number of hydrogen-bond donors (Lipinski definition) is 5. The lowest BCUT2D eigenvalue weighted by molar-refractivity contribution is -0.172. The molecule has 0 amide bonds. The first-order chi connectivity index (χ1) is 23.2. The molecule has 0 aliphatic carbocycles. The summed E-state index contributed by atoms with van der Waals surface area (Å²) < 4.78 is 12.7. The second-order valence-electron chi connectivity index (χ2n) is 17.1. The van der Waals surface area contributed by atoms with E-state index in [0.29, 0.717) is 25.7 Å². The Hall–Kier alpha value is -1.78. The fourth-order valence-corrected chi connectivity index (χ4v) is 8.02. The van der Waals surface area contributed by atoms with Gasteiger partial charge < -0.3 is 35.0 Å². The Morgan fingerprint density at radius 3 is 2.06 bits per heavy atom. The molecule has 2 fully saturated rings. The predicted octanol–water partition coefficient (Wildman–Crippen LogP) is 7.80. The molecule has 0 spiro atoms. The minimum absolute atomic E-state index is 0.0809. The maximum absolute atomic E-state index is 12.8. The molecular weight excluding hydrogens is 636 g/mol. The van der Waals surface area contributed by atoms with Crippen molar-refractivity contribution in [1.29, 1.82) is 0 Å². The van der Waals surface area contributed by atoms with E-state index in [4.69, 9.17) is 14.6 Å². The van der Waals surface area contributed by atoms with Crippen LogP contribution in [0.15, 0.2) is 24.0 Å². The smallest absolute Gasteiger partial charge is 0.303 e. The topological polar surface area (TPSA) is 154 Å². The first-order valence-corrected chi connectivity index (χ1v) is 19.4. The van der Waals surface area contributed by atoms with E-state index >= 15 is 0 Å². The lowest BCUT2D eigenvalue weighted by Crippen LogP contribution is -2.44. The molecule has 0 aromatic carbocycles. The molecule has 2 aliphatic rings. The van der Waals surface area contributed by atoms with Crippen molar-refractivity contribution >= 4 is 11.8 Å². The van der Waals surface area contributed by atoms with E-state index < -0.39 is 35.5 Å². The van der Waals surface area contributed by atoms with E-state index in [1.165, 1.54) is 6.08 Å². The first kappa shape index (κ1) is 44.4. The van der Waals surface area contributed by atoms with E-state index in [-0.39, 0.29) is 71.6 Å². The van der Waals surface area contributed by atoms with Gasteiger partial charge in [0.05, 0.1) is 47.5 Å². The van der Waals surface area contributed by atoms with Crippen molar-refractivity contribution in [1.82, 2.24) is 0 Å². The predicted molar refractivity (Wildman–Crippen MR) is 198 cm³/mol. The number of carbonyl (C=O) groups is 2. The van der Waals surface area contributed by atoms with Crippen molar-refractivity contribution in [3.8, 4) is 0 Å². The number of rotatable bonds is 22. The Labute approximate surface area is 302 Å². The molecule has 0 saturated carbocycles. The lowest BCUT2D eigenvalue weighted by atomic mass is 9.85. The second-order valence-corrected chi connectivity index (χ2v) is 17.1. The summed E-state index contributed by atoms with van der Waals surface area (Å²) >= 11 is 0. The zero-order valence-corrected chi connectivity index (χ0v) is 32.8. The van der Waals surface area contributed by atoms with Gasteiger partial charge in [0, 0.05) is 36.2 Å². The Kier molecular flexibility index (Phi) is 17.7. The van der Waals surface area contributed by atoms with Crippen LogP contribution in [0.3, 0.4) is 0 Å². The van der Waals surface area contributed by atoms with Crippen LogP contribution in [0.25, 0.3) is 0 Å². The summed E-state index contributed by atoms with van der Waals surface area (Å²) in [6.07, 6.45) is 10.8. The molecule has 5 N–H and O–H groups in total. The Balaban J connectivity index is 1.77. The molecule has 9 nitrogen and oxygen atoms in total. The zero-order valence-electron chi connectivity index (χ0n) is 32.8. The standard InChI is InChI=1S/C41H72O9/c1-25(21-29(5)34(43)24-35(44)30(6)22-27(3)20-26(2)14-15-38(46)47)12-11-13-28(4)39(48)31(7)36(45)23-33-16-18-41(10,49-33)37-17-19-40(9,50-37)32(8)42/h11,13,24-33,36-37,39,42-43,45,48H,12,14-23H2,1-10H3,(H,46,47)/b13-11+,34-24+/t25-,26?,27+,28-,29-,30+,31+,32-,33+,36+,37-,39-,40+,41+/m1/s1. The molecule has 14 atom stereocenters. The molecule has 0 radical (unpaired) electrons. The highest BCUT2D eigenvalue weighted by Crippen LogP contribution is 2.45. The molecule has 2 rings (SSSR count). The van der Waals surface area contributed by atoms with E-state index in [1.54, 1.807) is 6.92 Å². The van der Waals surface area contributed by atoms with Crippen LogP contribution in [-0.4, -0.2) is 79.0 Å². The molecule has 50 heavy (non-hydrogen) atoms. The van der Waals surface area contributed by atoms with E-state index in [0.717, 1.165) is 38.5 Å². The number of carboxylic acids is 1. The number of aliphatic hydroxyl groups is 4. The fourth-order valence-electron chi connectivity index (χ4n) is 8.02. The lowest BCUT2D eigenvalue weighted by Gasteiger charge is -2.35. The van der Waals surface area contributed by atoms with Crippen molar-refractivity contribution in [3.05, 3.63) is 24.0 Å². The molecule has 2 aliphatic heterocycles. The third kappa shape index (κ3) is 13.6. The SMILES string of the molecule is CC(CCC(=O)O)C[C@H](C)C[C@H](C)C(=O)/C=C(/O)[C@H](C)C[C@H](C)C/C=C/[C@@H](C)[C@@H](O)[C@@H](C)[C@@H](O)C[C@@H]1CC[C@@](C)([C@H]2CC[C@@](C)([C@@H](C)O)O2)O1. The summed E-state index contributed by atoms with van der Waals surface area (Å²) in [5.74, 6) is -0.810. The highest BCUT2D eigenvalue weighted by Gasteiger charge is 2.51. The van der Waals surface area contributed by atoms with Gasteiger partial charge in [0.25, 0.3) is 0 Å². The summed E-state index contributed by atoms with van der Waals surface area (Å²) in [6.45, 7) is 19.7. The average molecular weight is 709 g/mol. The van der Waals surface area contributed by atoms with Crippen LogP contribution < -0.4 is 0 Å². The zero-order chi connectivity index (χ0) is 38.0. The van der Waals surface area contributed by atoms with Crippen LogP contribution >= 0.6 is 0 Å². The molecule has 290 valence electrons. The van der Waals surface area contributed by atoms with Crippen LogP contribution in [0.1, 0.15) is 140 Å². The summed E-state index contributed by atoms with van der Waals surface area (Å²) in [6, 6.07) is 0. The molecule has 2 heterocycles. The molecule has 9 heteroatoms. The maximum Gasteiger partial charge on any atom is 0.303 e. The number of ether oxygens (including phenoxy) is 2. The number of aliphatic carboxylic acids is 1. The van der Waals surface area contributed by atoms with Gasteiger partial charge in [-0.25, -0.2) is 0 Å². The van der Waals surface area contributed by atoms with Gasteiger partial charge in [-0.1, -0.05) is 60.6 Å². The van der Waals surface area contributed by atoms with Gasteiger partial charge in [-0.2, -0.15) is 0 Å².